The smallest absolute Gasteiger partial charge is 0.116 e. The maximum Gasteiger partial charge on any atom is 0.116 e. The number of hydrogen-bond acceptors (Lipinski definition) is 1. The Morgan fingerprint density at radius 2 is 2.00 bits per heavy atom. The van der Waals surface area contributed by atoms with Crippen molar-refractivity contribution in [1.82, 2.24) is 9.78 Å². The van der Waals surface area contributed by atoms with Crippen LogP contribution in [0.25, 0.3) is 0 Å². The van der Waals surface area contributed by atoms with Crippen molar-refractivity contribution in [2.24, 2.45) is 0 Å². The fourth-order valence-corrected chi connectivity index (χ4v) is 1.67. The van der Waals surface area contributed by atoms with Crippen molar-refractivity contribution in [2.45, 2.75) is 59.4 Å². The number of rotatable bonds is 6. The van der Waals surface area contributed by atoms with Crippen LogP contribution < -0.4 is 0 Å². The van der Waals surface area contributed by atoms with E-state index in [4.69, 9.17) is 0 Å². The molecule has 1 heterocycles. The van der Waals surface area contributed by atoms with E-state index in [9.17, 15) is 0 Å². The molecule has 0 spiro atoms. The summed E-state index contributed by atoms with van der Waals surface area (Å²) < 4.78 is 2.09. The van der Waals surface area contributed by atoms with Gasteiger partial charge in [-0.1, -0.05) is 33.1 Å². The molecule has 1 rings (SSSR count). The number of aromatic nitrogens is 2. The largest absolute Gasteiger partial charge is 0.269 e. The summed E-state index contributed by atoms with van der Waals surface area (Å²) in [6, 6.07) is 0. The van der Waals surface area contributed by atoms with Crippen LogP contribution in [0.3, 0.4) is 0 Å². The Hall–Kier alpha value is -0.790. The first-order valence-corrected chi connectivity index (χ1v) is 5.73. The SMILES string of the molecule is CCCCCCn1n[c]c(CC)c1C. The van der Waals surface area contributed by atoms with Crippen molar-refractivity contribution in [1.29, 1.82) is 0 Å². The highest BCUT2D eigenvalue weighted by Gasteiger charge is 2.03. The minimum atomic E-state index is 1.04. The molecular formula is C12H21N2. The first-order chi connectivity index (χ1) is 6.79. The molecule has 0 unspecified atom stereocenters. The Kier molecular flexibility index (Phi) is 4.71. The van der Waals surface area contributed by atoms with Gasteiger partial charge in [0.1, 0.15) is 6.20 Å². The van der Waals surface area contributed by atoms with Crippen LogP contribution in [0.1, 0.15) is 50.8 Å². The van der Waals surface area contributed by atoms with Crippen LogP contribution in [-0.4, -0.2) is 9.78 Å². The third-order valence-electron chi connectivity index (χ3n) is 2.71. The first-order valence-electron chi connectivity index (χ1n) is 5.73. The summed E-state index contributed by atoms with van der Waals surface area (Å²) in [7, 11) is 0. The highest BCUT2D eigenvalue weighted by Crippen LogP contribution is 2.09. The number of hydrogen-bond donors (Lipinski definition) is 0. The van der Waals surface area contributed by atoms with Crippen molar-refractivity contribution in [3.05, 3.63) is 17.5 Å². The monoisotopic (exact) mass is 193 g/mol. The van der Waals surface area contributed by atoms with Gasteiger partial charge in [-0.2, -0.15) is 5.10 Å². The van der Waals surface area contributed by atoms with Crippen LogP contribution in [0.15, 0.2) is 0 Å². The Balaban J connectivity index is 2.39. The highest BCUT2D eigenvalue weighted by molar-refractivity contribution is 5.14. The molecule has 0 aliphatic heterocycles. The van der Waals surface area contributed by atoms with E-state index in [0.717, 1.165) is 13.0 Å². The van der Waals surface area contributed by atoms with Gasteiger partial charge in [0.2, 0.25) is 0 Å². The van der Waals surface area contributed by atoms with Crippen LogP contribution in [0.2, 0.25) is 0 Å². The highest BCUT2D eigenvalue weighted by atomic mass is 15.3. The molecule has 0 amide bonds. The lowest BCUT2D eigenvalue weighted by molar-refractivity contribution is 0.530. The van der Waals surface area contributed by atoms with Crippen molar-refractivity contribution in [3.63, 3.8) is 0 Å². The Labute approximate surface area is 87.3 Å². The van der Waals surface area contributed by atoms with Gasteiger partial charge >= 0.3 is 0 Å². The summed E-state index contributed by atoms with van der Waals surface area (Å²) in [5.74, 6) is 0. The second-order valence-corrected chi connectivity index (χ2v) is 3.81. The molecule has 0 saturated heterocycles. The normalized spacial score (nSPS) is 10.8. The standard InChI is InChI=1S/C12H21N2/c1-4-6-7-8-9-14-11(3)12(5-2)10-13-14/h4-9H2,1-3H3. The van der Waals surface area contributed by atoms with E-state index in [0.29, 0.717) is 0 Å². The van der Waals surface area contributed by atoms with E-state index >= 15 is 0 Å². The first kappa shape index (κ1) is 11.3. The molecule has 0 fully saturated rings. The zero-order valence-electron chi connectivity index (χ0n) is 9.64. The summed E-state index contributed by atoms with van der Waals surface area (Å²) in [6.45, 7) is 7.59. The van der Waals surface area contributed by atoms with Crippen LogP contribution in [-0.2, 0) is 13.0 Å². The molecule has 0 atom stereocenters. The van der Waals surface area contributed by atoms with E-state index in [1.54, 1.807) is 0 Å². The fraction of sp³-hybridized carbons (Fsp3) is 0.750. The number of unbranched alkanes of at least 4 members (excludes halogenated alkanes) is 3. The van der Waals surface area contributed by atoms with Gasteiger partial charge in [0.25, 0.3) is 0 Å². The van der Waals surface area contributed by atoms with E-state index < -0.39 is 0 Å². The van der Waals surface area contributed by atoms with E-state index in [1.165, 1.54) is 36.9 Å². The summed E-state index contributed by atoms with van der Waals surface area (Å²) in [5.41, 5.74) is 2.56. The molecule has 0 aliphatic rings. The van der Waals surface area contributed by atoms with Gasteiger partial charge in [-0.05, 0) is 19.8 Å². The molecule has 1 aromatic heterocycles. The van der Waals surface area contributed by atoms with Crippen molar-refractivity contribution in [2.75, 3.05) is 0 Å². The van der Waals surface area contributed by atoms with Crippen molar-refractivity contribution in [3.8, 4) is 0 Å². The van der Waals surface area contributed by atoms with Gasteiger partial charge < -0.3 is 0 Å². The Morgan fingerprint density at radius 1 is 1.21 bits per heavy atom. The molecule has 0 aliphatic carbocycles. The van der Waals surface area contributed by atoms with Crippen molar-refractivity contribution >= 4 is 0 Å². The van der Waals surface area contributed by atoms with Crippen LogP contribution in [0.5, 0.6) is 0 Å². The van der Waals surface area contributed by atoms with Gasteiger partial charge in [0.05, 0.1) is 0 Å². The van der Waals surface area contributed by atoms with Gasteiger partial charge in [-0.25, -0.2) is 0 Å². The topological polar surface area (TPSA) is 17.8 Å². The fourth-order valence-electron chi connectivity index (χ4n) is 1.67. The van der Waals surface area contributed by atoms with Crippen molar-refractivity contribution < 1.29 is 0 Å². The number of aryl methyl sites for hydroxylation is 2. The molecular weight excluding hydrogens is 172 g/mol. The Morgan fingerprint density at radius 3 is 2.57 bits per heavy atom. The maximum atomic E-state index is 4.28. The second-order valence-electron chi connectivity index (χ2n) is 3.81. The molecule has 0 aromatic carbocycles. The predicted octanol–water partition coefficient (Wildman–Crippen LogP) is 3.13. The molecule has 1 radical (unpaired) electrons. The minimum Gasteiger partial charge on any atom is -0.269 e. The van der Waals surface area contributed by atoms with Crippen LogP contribution >= 0.6 is 0 Å². The Bertz CT molecular complexity index is 263. The molecule has 14 heavy (non-hydrogen) atoms. The zero-order chi connectivity index (χ0) is 10.4. The summed E-state index contributed by atoms with van der Waals surface area (Å²) in [4.78, 5) is 0. The van der Waals surface area contributed by atoms with Gasteiger partial charge in [0.15, 0.2) is 0 Å². The number of nitrogens with zero attached hydrogens (tertiary/aromatic N) is 2. The molecule has 79 valence electrons. The van der Waals surface area contributed by atoms with Crippen LogP contribution in [0, 0.1) is 13.1 Å². The molecule has 2 heteroatoms. The van der Waals surface area contributed by atoms with Gasteiger partial charge in [-0.15, -0.1) is 0 Å². The summed E-state index contributed by atoms with van der Waals surface area (Å²) >= 11 is 0. The third-order valence-corrected chi connectivity index (χ3v) is 2.71. The molecule has 0 N–H and O–H groups in total. The van der Waals surface area contributed by atoms with E-state index in [1.807, 2.05) is 0 Å². The molecule has 0 bridgehead atoms. The quantitative estimate of drug-likeness (QED) is 0.635. The molecule has 1 aromatic rings. The summed E-state index contributed by atoms with van der Waals surface area (Å²) in [6.07, 6.45) is 9.31. The molecule has 2 nitrogen and oxygen atoms in total. The average Bonchev–Trinajstić information content (AvgIpc) is 2.55. The predicted molar refractivity (Wildman–Crippen MR) is 59.3 cm³/mol. The summed E-state index contributed by atoms with van der Waals surface area (Å²) in [5, 5.41) is 4.28. The van der Waals surface area contributed by atoms with Crippen LogP contribution in [0.4, 0.5) is 0 Å². The lowest BCUT2D eigenvalue weighted by Crippen LogP contribution is -2.02. The zero-order valence-corrected chi connectivity index (χ0v) is 9.64. The third kappa shape index (κ3) is 2.86. The second kappa shape index (κ2) is 5.84. The lowest BCUT2D eigenvalue weighted by atomic mass is 10.2. The van der Waals surface area contributed by atoms with Gasteiger partial charge in [0, 0.05) is 17.8 Å². The maximum absolute atomic E-state index is 4.28. The average molecular weight is 193 g/mol. The van der Waals surface area contributed by atoms with E-state index in [2.05, 4.69) is 36.7 Å². The lowest BCUT2D eigenvalue weighted by Gasteiger charge is -2.04. The molecule has 0 saturated carbocycles. The van der Waals surface area contributed by atoms with Gasteiger partial charge in [-0.3, -0.25) is 4.68 Å². The van der Waals surface area contributed by atoms with E-state index in [-0.39, 0.29) is 0 Å². The minimum absolute atomic E-state index is 1.04.